The first kappa shape index (κ1) is 22.0. The second-order valence-electron chi connectivity index (χ2n) is 7.17. The highest BCUT2D eigenvalue weighted by Gasteiger charge is 2.13. The molecule has 0 saturated heterocycles. The number of thiocarbonyl (C=S) groups is 1. The van der Waals surface area contributed by atoms with Crippen LogP contribution in [-0.2, 0) is 4.79 Å². The molecule has 0 unspecified atom stereocenters. The van der Waals surface area contributed by atoms with Gasteiger partial charge < -0.3 is 25.4 Å². The summed E-state index contributed by atoms with van der Waals surface area (Å²) in [5, 5.41) is 9.75. The van der Waals surface area contributed by atoms with Crippen LogP contribution < -0.4 is 25.4 Å². The van der Waals surface area contributed by atoms with E-state index in [9.17, 15) is 4.79 Å². The van der Waals surface area contributed by atoms with E-state index < -0.39 is 0 Å². The van der Waals surface area contributed by atoms with Crippen LogP contribution in [0, 0.1) is 6.92 Å². The summed E-state index contributed by atoms with van der Waals surface area (Å²) < 4.78 is 11.1. The molecule has 0 aromatic heterocycles. The summed E-state index contributed by atoms with van der Waals surface area (Å²) in [6.45, 7) is 3.09. The maximum absolute atomic E-state index is 12.4. The van der Waals surface area contributed by atoms with Crippen LogP contribution in [0.15, 0.2) is 71.6 Å². The summed E-state index contributed by atoms with van der Waals surface area (Å²) in [4.78, 5) is 13.4. The fourth-order valence-electron chi connectivity index (χ4n) is 3.06. The van der Waals surface area contributed by atoms with Crippen molar-refractivity contribution >= 4 is 52.1 Å². The van der Waals surface area contributed by atoms with Gasteiger partial charge in [0.25, 0.3) is 0 Å². The SMILES string of the molecule is Cc1ccc(NC(=S)Nc2cccc(SCC(=O)Nc3ccc4c(c3)OCCO4)c2)cc1. The van der Waals surface area contributed by atoms with Gasteiger partial charge in [0.1, 0.15) is 13.2 Å². The monoisotopic (exact) mass is 465 g/mol. The van der Waals surface area contributed by atoms with E-state index in [1.165, 1.54) is 17.3 Å². The van der Waals surface area contributed by atoms with Gasteiger partial charge in [-0.05, 0) is 61.6 Å². The predicted octanol–water partition coefficient (Wildman–Crippen LogP) is 5.31. The fourth-order valence-corrected chi connectivity index (χ4v) is 4.05. The van der Waals surface area contributed by atoms with Crippen molar-refractivity contribution in [2.75, 3.05) is 34.9 Å². The van der Waals surface area contributed by atoms with Crippen molar-refractivity contribution in [2.24, 2.45) is 0 Å². The molecular formula is C24H23N3O3S2. The van der Waals surface area contributed by atoms with E-state index in [2.05, 4.69) is 16.0 Å². The highest BCUT2D eigenvalue weighted by Crippen LogP contribution is 2.32. The van der Waals surface area contributed by atoms with E-state index in [1.54, 1.807) is 12.1 Å². The number of hydrogen-bond donors (Lipinski definition) is 3. The third-order valence-electron chi connectivity index (χ3n) is 4.60. The van der Waals surface area contributed by atoms with Gasteiger partial charge in [0.15, 0.2) is 16.6 Å². The first-order valence-corrected chi connectivity index (χ1v) is 11.5. The second kappa shape index (κ2) is 10.4. The lowest BCUT2D eigenvalue weighted by molar-refractivity contribution is -0.113. The number of fused-ring (bicyclic) bond motifs is 1. The molecule has 0 saturated carbocycles. The topological polar surface area (TPSA) is 71.6 Å². The summed E-state index contributed by atoms with van der Waals surface area (Å²) in [6, 6.07) is 21.2. The summed E-state index contributed by atoms with van der Waals surface area (Å²) in [7, 11) is 0. The van der Waals surface area contributed by atoms with E-state index >= 15 is 0 Å². The largest absolute Gasteiger partial charge is 0.486 e. The molecule has 3 N–H and O–H groups in total. The number of thioether (sulfide) groups is 1. The molecule has 0 spiro atoms. The molecule has 3 aromatic rings. The lowest BCUT2D eigenvalue weighted by Gasteiger charge is -2.19. The lowest BCUT2D eigenvalue weighted by Crippen LogP contribution is -2.19. The number of benzene rings is 3. The minimum absolute atomic E-state index is 0.0957. The Morgan fingerprint density at radius 3 is 2.38 bits per heavy atom. The Labute approximate surface area is 196 Å². The highest BCUT2D eigenvalue weighted by atomic mass is 32.2. The summed E-state index contributed by atoms with van der Waals surface area (Å²) in [5.74, 6) is 1.53. The second-order valence-corrected chi connectivity index (χ2v) is 8.63. The molecule has 8 heteroatoms. The van der Waals surface area contributed by atoms with Gasteiger partial charge in [-0.3, -0.25) is 4.79 Å². The molecule has 1 amide bonds. The van der Waals surface area contributed by atoms with Crippen molar-refractivity contribution in [1.82, 2.24) is 0 Å². The van der Waals surface area contributed by atoms with Gasteiger partial charge >= 0.3 is 0 Å². The van der Waals surface area contributed by atoms with Gasteiger partial charge in [-0.1, -0.05) is 23.8 Å². The summed E-state index contributed by atoms with van der Waals surface area (Å²) >= 11 is 6.86. The first-order chi connectivity index (χ1) is 15.5. The van der Waals surface area contributed by atoms with Crippen molar-refractivity contribution in [2.45, 2.75) is 11.8 Å². The number of carbonyl (C=O) groups is 1. The molecule has 0 aliphatic carbocycles. The fraction of sp³-hybridized carbons (Fsp3) is 0.167. The van der Waals surface area contributed by atoms with Crippen LogP contribution in [0.25, 0.3) is 0 Å². The number of amides is 1. The average molecular weight is 466 g/mol. The number of nitrogens with one attached hydrogen (secondary N) is 3. The van der Waals surface area contributed by atoms with Crippen LogP contribution in [0.1, 0.15) is 5.56 Å². The normalized spacial score (nSPS) is 12.0. The first-order valence-electron chi connectivity index (χ1n) is 10.1. The molecular weight excluding hydrogens is 442 g/mol. The van der Waals surface area contributed by atoms with Crippen LogP contribution in [0.2, 0.25) is 0 Å². The summed E-state index contributed by atoms with van der Waals surface area (Å²) in [5.41, 5.74) is 3.65. The Morgan fingerprint density at radius 2 is 1.56 bits per heavy atom. The number of rotatable bonds is 6. The molecule has 3 aromatic carbocycles. The standard InChI is InChI=1S/C24H23N3O3S2/c1-16-5-7-17(8-6-16)26-24(31)27-18-3-2-4-20(13-18)32-15-23(28)25-19-9-10-21-22(14-19)30-12-11-29-21/h2-10,13-14H,11-12,15H2,1H3,(H,25,28)(H2,26,27,31). The van der Waals surface area contributed by atoms with Crippen LogP contribution in [-0.4, -0.2) is 30.0 Å². The quantitative estimate of drug-likeness (QED) is 0.337. The zero-order valence-corrected chi connectivity index (χ0v) is 19.1. The van der Waals surface area contributed by atoms with Gasteiger partial charge in [0.05, 0.1) is 5.75 Å². The van der Waals surface area contributed by atoms with Gasteiger partial charge in [-0.2, -0.15) is 0 Å². The molecule has 164 valence electrons. The molecule has 0 atom stereocenters. The zero-order valence-electron chi connectivity index (χ0n) is 17.5. The average Bonchev–Trinajstić information content (AvgIpc) is 2.79. The lowest BCUT2D eigenvalue weighted by atomic mass is 10.2. The van der Waals surface area contributed by atoms with Crippen LogP contribution >= 0.6 is 24.0 Å². The van der Waals surface area contributed by atoms with Crippen molar-refractivity contribution in [3.05, 3.63) is 72.3 Å². The van der Waals surface area contributed by atoms with Gasteiger partial charge in [-0.15, -0.1) is 11.8 Å². The molecule has 1 aliphatic heterocycles. The van der Waals surface area contributed by atoms with Crippen LogP contribution in [0.4, 0.5) is 17.1 Å². The van der Waals surface area contributed by atoms with Crippen molar-refractivity contribution in [1.29, 1.82) is 0 Å². The predicted molar refractivity (Wildman–Crippen MR) is 134 cm³/mol. The van der Waals surface area contributed by atoms with Gasteiger partial charge in [0.2, 0.25) is 5.91 Å². The molecule has 32 heavy (non-hydrogen) atoms. The summed E-state index contributed by atoms with van der Waals surface area (Å²) in [6.07, 6.45) is 0. The van der Waals surface area contributed by atoms with E-state index in [0.29, 0.717) is 35.5 Å². The van der Waals surface area contributed by atoms with Crippen molar-refractivity contribution in [3.63, 3.8) is 0 Å². The maximum atomic E-state index is 12.4. The number of aryl methyl sites for hydroxylation is 1. The van der Waals surface area contributed by atoms with E-state index in [-0.39, 0.29) is 11.7 Å². The Balaban J connectivity index is 1.28. The van der Waals surface area contributed by atoms with Crippen LogP contribution in [0.3, 0.4) is 0 Å². The smallest absolute Gasteiger partial charge is 0.234 e. The van der Waals surface area contributed by atoms with Gasteiger partial charge in [0, 0.05) is 28.0 Å². The molecule has 1 aliphatic rings. The number of anilines is 3. The number of carbonyl (C=O) groups excluding carboxylic acids is 1. The number of hydrogen-bond acceptors (Lipinski definition) is 5. The Hall–Kier alpha value is -3.23. The van der Waals surface area contributed by atoms with E-state index in [1.807, 2.05) is 61.5 Å². The molecule has 0 fully saturated rings. The molecule has 0 bridgehead atoms. The molecule has 4 rings (SSSR count). The highest BCUT2D eigenvalue weighted by molar-refractivity contribution is 8.00. The zero-order chi connectivity index (χ0) is 22.3. The van der Waals surface area contributed by atoms with Crippen molar-refractivity contribution < 1.29 is 14.3 Å². The Morgan fingerprint density at radius 1 is 0.875 bits per heavy atom. The minimum atomic E-state index is -0.0957. The van der Waals surface area contributed by atoms with E-state index in [4.69, 9.17) is 21.7 Å². The third-order valence-corrected chi connectivity index (χ3v) is 5.80. The number of ether oxygens (including phenoxy) is 2. The maximum Gasteiger partial charge on any atom is 0.234 e. The minimum Gasteiger partial charge on any atom is -0.486 e. The van der Waals surface area contributed by atoms with Crippen LogP contribution in [0.5, 0.6) is 11.5 Å². The molecule has 1 heterocycles. The van der Waals surface area contributed by atoms with Gasteiger partial charge in [-0.25, -0.2) is 0 Å². The van der Waals surface area contributed by atoms with Crippen molar-refractivity contribution in [3.8, 4) is 11.5 Å². The van der Waals surface area contributed by atoms with E-state index in [0.717, 1.165) is 16.3 Å². The Bertz CT molecular complexity index is 1120. The Kier molecular flexibility index (Phi) is 7.14. The molecule has 6 nitrogen and oxygen atoms in total. The third kappa shape index (κ3) is 6.15. The molecule has 0 radical (unpaired) electrons.